The monoisotopic (exact) mass is 511 g/mol. The van der Waals surface area contributed by atoms with Crippen LogP contribution in [0, 0.1) is 0 Å². The van der Waals surface area contributed by atoms with Crippen LogP contribution in [0.4, 0.5) is 5.69 Å². The van der Waals surface area contributed by atoms with Gasteiger partial charge in [-0.3, -0.25) is 9.69 Å². The molecule has 0 radical (unpaired) electrons. The van der Waals surface area contributed by atoms with Gasteiger partial charge in [0.2, 0.25) is 0 Å². The van der Waals surface area contributed by atoms with E-state index >= 15 is 0 Å². The number of nitrogens with zero attached hydrogens (tertiary/aromatic N) is 1. The number of halogens is 1. The van der Waals surface area contributed by atoms with Crippen LogP contribution in [0.1, 0.15) is 5.56 Å². The van der Waals surface area contributed by atoms with Crippen molar-refractivity contribution in [3.63, 3.8) is 0 Å². The molecule has 3 aromatic rings. The van der Waals surface area contributed by atoms with Crippen LogP contribution in [0.5, 0.6) is 11.5 Å². The molecule has 1 fully saturated rings. The number of thioether (sulfide) groups is 1. The predicted molar refractivity (Wildman–Crippen MR) is 134 cm³/mol. The van der Waals surface area contributed by atoms with Gasteiger partial charge in [-0.25, -0.2) is 0 Å². The summed E-state index contributed by atoms with van der Waals surface area (Å²) in [6, 6.07) is 24.7. The number of anilines is 1. The molecule has 0 N–H and O–H groups in total. The summed E-state index contributed by atoms with van der Waals surface area (Å²) >= 11 is 10.1. The smallest absolute Gasteiger partial charge is 0.270 e. The summed E-state index contributed by atoms with van der Waals surface area (Å²) < 4.78 is 12.9. The van der Waals surface area contributed by atoms with E-state index in [0.29, 0.717) is 22.4 Å². The Morgan fingerprint density at radius 1 is 0.871 bits per heavy atom. The van der Waals surface area contributed by atoms with Gasteiger partial charge in [-0.2, -0.15) is 0 Å². The molecule has 0 atom stereocenters. The number of hydrogen-bond donors (Lipinski definition) is 0. The summed E-state index contributed by atoms with van der Waals surface area (Å²) in [5, 5.41) is 0. The van der Waals surface area contributed by atoms with Gasteiger partial charge in [-0.1, -0.05) is 70.2 Å². The zero-order chi connectivity index (χ0) is 21.6. The third-order valence-corrected chi connectivity index (χ3v) is 6.25. The van der Waals surface area contributed by atoms with Gasteiger partial charge in [0, 0.05) is 4.47 Å². The molecule has 0 saturated carbocycles. The van der Waals surface area contributed by atoms with Gasteiger partial charge in [-0.05, 0) is 60.2 Å². The molecule has 1 aliphatic rings. The summed E-state index contributed by atoms with van der Waals surface area (Å²) in [6.45, 7) is 0.885. The summed E-state index contributed by atoms with van der Waals surface area (Å²) in [5.41, 5.74) is 1.69. The van der Waals surface area contributed by atoms with Crippen molar-refractivity contribution in [3.05, 3.63) is 93.8 Å². The number of hydrogen-bond acceptors (Lipinski definition) is 5. The van der Waals surface area contributed by atoms with Crippen LogP contribution in [0.3, 0.4) is 0 Å². The molecular formula is C24H18BrNO3S2. The van der Waals surface area contributed by atoms with Gasteiger partial charge in [0.1, 0.15) is 24.7 Å². The number of rotatable bonds is 7. The Balaban J connectivity index is 1.33. The molecule has 31 heavy (non-hydrogen) atoms. The normalized spacial score (nSPS) is 14.9. The maximum Gasteiger partial charge on any atom is 0.270 e. The van der Waals surface area contributed by atoms with E-state index < -0.39 is 0 Å². The maximum atomic E-state index is 12.8. The first-order valence-electron chi connectivity index (χ1n) is 9.54. The van der Waals surface area contributed by atoms with E-state index in [0.717, 1.165) is 27.2 Å². The van der Waals surface area contributed by atoms with Crippen LogP contribution in [-0.4, -0.2) is 23.4 Å². The first kappa shape index (κ1) is 21.6. The molecule has 0 spiro atoms. The Bertz CT molecular complexity index is 1100. The largest absolute Gasteiger partial charge is 0.490 e. The van der Waals surface area contributed by atoms with Crippen LogP contribution in [0.2, 0.25) is 0 Å². The van der Waals surface area contributed by atoms with Crippen LogP contribution in [0.25, 0.3) is 6.08 Å². The fraction of sp³-hybridized carbons (Fsp3) is 0.0833. The van der Waals surface area contributed by atoms with Gasteiger partial charge < -0.3 is 9.47 Å². The molecule has 1 saturated heterocycles. The summed E-state index contributed by atoms with van der Waals surface area (Å²) in [4.78, 5) is 15.0. The lowest BCUT2D eigenvalue weighted by atomic mass is 10.2. The molecule has 3 aromatic carbocycles. The molecule has 1 aliphatic heterocycles. The second-order valence-electron chi connectivity index (χ2n) is 6.57. The standard InChI is InChI=1S/C24H18BrNO3S2/c25-18-8-12-21(13-9-18)29-15-14-28-20-10-6-17(7-11-20)16-22-23(27)26(24(30)31-22)19-4-2-1-3-5-19/h1-13,16H,14-15H2. The van der Waals surface area contributed by atoms with E-state index in [2.05, 4.69) is 15.9 Å². The zero-order valence-corrected chi connectivity index (χ0v) is 19.6. The van der Waals surface area contributed by atoms with Gasteiger partial charge in [0.25, 0.3) is 5.91 Å². The van der Waals surface area contributed by atoms with Gasteiger partial charge in [0.15, 0.2) is 4.32 Å². The van der Waals surface area contributed by atoms with Crippen LogP contribution < -0.4 is 14.4 Å². The third kappa shape index (κ3) is 5.55. The van der Waals surface area contributed by atoms with Crippen molar-refractivity contribution in [2.75, 3.05) is 18.1 Å². The van der Waals surface area contributed by atoms with Crippen molar-refractivity contribution in [1.82, 2.24) is 0 Å². The van der Waals surface area contributed by atoms with Crippen molar-refractivity contribution in [2.24, 2.45) is 0 Å². The highest BCUT2D eigenvalue weighted by Crippen LogP contribution is 2.36. The number of thiocarbonyl (C=S) groups is 1. The number of carbonyl (C=O) groups is 1. The van der Waals surface area contributed by atoms with E-state index in [1.807, 2.05) is 84.9 Å². The Morgan fingerprint density at radius 3 is 2.06 bits per heavy atom. The summed E-state index contributed by atoms with van der Waals surface area (Å²) in [5.74, 6) is 1.44. The zero-order valence-electron chi connectivity index (χ0n) is 16.4. The maximum absolute atomic E-state index is 12.8. The van der Waals surface area contributed by atoms with Crippen molar-refractivity contribution in [2.45, 2.75) is 0 Å². The Labute approximate surface area is 199 Å². The van der Waals surface area contributed by atoms with Crippen LogP contribution >= 0.6 is 39.9 Å². The average molecular weight is 512 g/mol. The Hall–Kier alpha value is -2.61. The topological polar surface area (TPSA) is 38.8 Å². The average Bonchev–Trinajstić information content (AvgIpc) is 3.07. The highest BCUT2D eigenvalue weighted by Gasteiger charge is 2.33. The van der Waals surface area contributed by atoms with Gasteiger partial charge >= 0.3 is 0 Å². The summed E-state index contributed by atoms with van der Waals surface area (Å²) in [6.07, 6.45) is 1.85. The van der Waals surface area contributed by atoms with E-state index in [1.54, 1.807) is 4.90 Å². The number of carbonyl (C=O) groups excluding carboxylic acids is 1. The van der Waals surface area contributed by atoms with Crippen molar-refractivity contribution in [3.8, 4) is 11.5 Å². The lowest BCUT2D eigenvalue weighted by molar-refractivity contribution is -0.113. The second-order valence-corrected chi connectivity index (χ2v) is 9.16. The van der Waals surface area contributed by atoms with Crippen LogP contribution in [0.15, 0.2) is 88.2 Å². The van der Waals surface area contributed by atoms with Gasteiger partial charge in [0.05, 0.1) is 10.6 Å². The van der Waals surface area contributed by atoms with Gasteiger partial charge in [-0.15, -0.1) is 0 Å². The van der Waals surface area contributed by atoms with E-state index in [4.69, 9.17) is 21.7 Å². The fourth-order valence-electron chi connectivity index (χ4n) is 2.93. The minimum Gasteiger partial charge on any atom is -0.490 e. The van der Waals surface area contributed by atoms with Crippen molar-refractivity contribution >= 4 is 61.9 Å². The minimum atomic E-state index is -0.105. The molecule has 1 amide bonds. The molecule has 0 aliphatic carbocycles. The van der Waals surface area contributed by atoms with E-state index in [1.165, 1.54) is 11.8 Å². The first-order valence-corrected chi connectivity index (χ1v) is 11.6. The molecule has 1 heterocycles. The fourth-order valence-corrected chi connectivity index (χ4v) is 4.49. The molecule has 0 aromatic heterocycles. The lowest BCUT2D eigenvalue weighted by Gasteiger charge is -2.13. The number of benzene rings is 3. The quantitative estimate of drug-likeness (QED) is 0.211. The third-order valence-electron chi connectivity index (χ3n) is 4.42. The Morgan fingerprint density at radius 2 is 1.45 bits per heavy atom. The molecule has 4 rings (SSSR count). The van der Waals surface area contributed by atoms with Crippen molar-refractivity contribution in [1.29, 1.82) is 0 Å². The number of amides is 1. The predicted octanol–water partition coefficient (Wildman–Crippen LogP) is 6.31. The SMILES string of the molecule is O=C1C(=Cc2ccc(OCCOc3ccc(Br)cc3)cc2)SC(=S)N1c1ccccc1. The second kappa shape index (κ2) is 10.1. The number of ether oxygens (including phenoxy) is 2. The molecule has 4 nitrogen and oxygen atoms in total. The highest BCUT2D eigenvalue weighted by atomic mass is 79.9. The molecule has 156 valence electrons. The Kier molecular flexibility index (Phi) is 7.06. The molecule has 0 bridgehead atoms. The van der Waals surface area contributed by atoms with E-state index in [9.17, 15) is 4.79 Å². The van der Waals surface area contributed by atoms with Crippen LogP contribution in [-0.2, 0) is 4.79 Å². The molecule has 0 unspecified atom stereocenters. The number of para-hydroxylation sites is 1. The van der Waals surface area contributed by atoms with E-state index in [-0.39, 0.29) is 5.91 Å². The molecular weight excluding hydrogens is 494 g/mol. The molecule has 7 heteroatoms. The minimum absolute atomic E-state index is 0.105. The first-order chi connectivity index (χ1) is 15.1. The highest BCUT2D eigenvalue weighted by molar-refractivity contribution is 9.10. The van der Waals surface area contributed by atoms with Crippen molar-refractivity contribution < 1.29 is 14.3 Å². The lowest BCUT2D eigenvalue weighted by Crippen LogP contribution is -2.27. The summed E-state index contributed by atoms with van der Waals surface area (Å²) in [7, 11) is 0.